The van der Waals surface area contributed by atoms with Crippen molar-refractivity contribution >= 4 is 38.6 Å². The zero-order valence-corrected chi connectivity index (χ0v) is 16.9. The molecule has 3 N–H and O–H groups in total. The van der Waals surface area contributed by atoms with Crippen LogP contribution in [0.25, 0.3) is 22.0 Å². The molecule has 4 nitrogen and oxygen atoms in total. The topological polar surface area (TPSA) is 65.1 Å². The first-order chi connectivity index (χ1) is 12.5. The highest BCUT2D eigenvalue weighted by Crippen LogP contribution is 2.44. The smallest absolute Gasteiger partial charge is 0.262 e. The van der Waals surface area contributed by atoms with Gasteiger partial charge < -0.3 is 15.4 Å². The van der Waals surface area contributed by atoms with Crippen LogP contribution in [0, 0.1) is 0 Å². The maximum absolute atomic E-state index is 12.4. The van der Waals surface area contributed by atoms with Crippen molar-refractivity contribution in [3.63, 3.8) is 0 Å². The van der Waals surface area contributed by atoms with E-state index < -0.39 is 0 Å². The van der Waals surface area contributed by atoms with Gasteiger partial charge in [0, 0.05) is 27.2 Å². The Morgan fingerprint density at radius 1 is 1.31 bits per heavy atom. The van der Waals surface area contributed by atoms with E-state index in [1.54, 1.807) is 17.8 Å². The van der Waals surface area contributed by atoms with E-state index in [4.69, 9.17) is 0 Å². The fraction of sp³-hybridized carbons (Fsp3) is 0.250. The lowest BCUT2D eigenvalue weighted by molar-refractivity contribution is 0.477. The Hall–Kier alpha value is -1.76. The highest BCUT2D eigenvalue weighted by atomic mass is 79.9. The summed E-state index contributed by atoms with van der Waals surface area (Å²) in [4.78, 5) is 16.2. The van der Waals surface area contributed by atoms with Crippen molar-refractivity contribution in [2.45, 2.75) is 24.3 Å². The first-order valence-corrected chi connectivity index (χ1v) is 10.3. The third-order valence-electron chi connectivity index (χ3n) is 5.01. The van der Waals surface area contributed by atoms with E-state index in [1.807, 2.05) is 19.2 Å². The van der Waals surface area contributed by atoms with E-state index in [0.717, 1.165) is 44.7 Å². The normalized spacial score (nSPS) is 14.6. The molecule has 0 unspecified atom stereocenters. The fourth-order valence-corrected chi connectivity index (χ4v) is 5.11. The van der Waals surface area contributed by atoms with Crippen molar-refractivity contribution < 1.29 is 5.11 Å². The number of hydrogen-bond acceptors (Lipinski definition) is 4. The number of fused-ring (bicyclic) bond motifs is 3. The van der Waals surface area contributed by atoms with Gasteiger partial charge in [0.15, 0.2) is 0 Å². The Kier molecular flexibility index (Phi) is 4.59. The van der Waals surface area contributed by atoms with E-state index in [-0.39, 0.29) is 17.4 Å². The van der Waals surface area contributed by atoms with Gasteiger partial charge >= 0.3 is 0 Å². The summed E-state index contributed by atoms with van der Waals surface area (Å²) >= 11 is 5.08. The molecule has 0 amide bonds. The largest absolute Gasteiger partial charge is 0.507 e. The molecular formula is C20H19BrN2O2S. The van der Waals surface area contributed by atoms with Gasteiger partial charge in [0.1, 0.15) is 5.75 Å². The minimum atomic E-state index is -0.0504. The Morgan fingerprint density at radius 2 is 2.04 bits per heavy atom. The van der Waals surface area contributed by atoms with Gasteiger partial charge in [-0.3, -0.25) is 4.79 Å². The summed E-state index contributed by atoms with van der Waals surface area (Å²) < 4.78 is 0.700. The second-order valence-corrected chi connectivity index (χ2v) is 8.45. The summed E-state index contributed by atoms with van der Waals surface area (Å²) in [5, 5.41) is 14.9. The molecule has 0 saturated heterocycles. The number of aryl methyl sites for hydroxylation is 1. The summed E-state index contributed by atoms with van der Waals surface area (Å²) in [7, 11) is 1.93. The van der Waals surface area contributed by atoms with Crippen LogP contribution in [-0.2, 0) is 6.42 Å². The van der Waals surface area contributed by atoms with E-state index >= 15 is 0 Å². The Labute approximate surface area is 164 Å². The molecule has 1 aliphatic heterocycles. The van der Waals surface area contributed by atoms with Gasteiger partial charge in [0.05, 0.1) is 10.4 Å². The quantitative estimate of drug-likeness (QED) is 0.568. The molecule has 1 aliphatic rings. The summed E-state index contributed by atoms with van der Waals surface area (Å²) in [5.74, 6) is 1.10. The van der Waals surface area contributed by atoms with Crippen LogP contribution in [0.1, 0.15) is 24.1 Å². The number of aromatic hydroxyl groups is 1. The minimum Gasteiger partial charge on any atom is -0.507 e. The SMILES string of the molecule is CN[C@H](C)c1ccc(-c2c(O)cc(Br)c3[nH]c(=O)c4c(c23)CCS4)cc1. The van der Waals surface area contributed by atoms with E-state index in [1.165, 1.54) is 5.56 Å². The fourth-order valence-electron chi connectivity index (χ4n) is 3.53. The summed E-state index contributed by atoms with van der Waals surface area (Å²) in [6, 6.07) is 10.1. The summed E-state index contributed by atoms with van der Waals surface area (Å²) in [6.07, 6.45) is 0.832. The van der Waals surface area contributed by atoms with Gasteiger partial charge in [0.25, 0.3) is 5.56 Å². The van der Waals surface area contributed by atoms with Crippen LogP contribution in [-0.4, -0.2) is 22.9 Å². The van der Waals surface area contributed by atoms with Crippen LogP contribution < -0.4 is 10.9 Å². The molecule has 0 spiro atoms. The average molecular weight is 431 g/mol. The number of aromatic nitrogens is 1. The first-order valence-electron chi connectivity index (χ1n) is 8.52. The van der Waals surface area contributed by atoms with Crippen LogP contribution in [0.15, 0.2) is 44.5 Å². The molecule has 134 valence electrons. The number of rotatable bonds is 3. The number of benzene rings is 2. The average Bonchev–Trinajstić information content (AvgIpc) is 3.13. The molecule has 0 radical (unpaired) electrons. The number of thioether (sulfide) groups is 1. The predicted octanol–water partition coefficient (Wildman–Crippen LogP) is 4.59. The lowest BCUT2D eigenvalue weighted by atomic mass is 9.94. The molecule has 0 fully saturated rings. The number of phenolic OH excluding ortho intramolecular Hbond substituents is 1. The van der Waals surface area contributed by atoms with Gasteiger partial charge in [-0.1, -0.05) is 24.3 Å². The number of H-pyrrole nitrogens is 1. The van der Waals surface area contributed by atoms with Crippen LogP contribution in [0.2, 0.25) is 0 Å². The number of nitrogens with one attached hydrogen (secondary N) is 2. The lowest BCUT2D eigenvalue weighted by Crippen LogP contribution is -2.12. The van der Waals surface area contributed by atoms with Crippen molar-refractivity contribution in [3.8, 4) is 16.9 Å². The van der Waals surface area contributed by atoms with E-state index in [9.17, 15) is 9.90 Å². The molecule has 1 aromatic heterocycles. The number of phenols is 1. The maximum atomic E-state index is 12.4. The molecule has 2 heterocycles. The number of hydrogen-bond donors (Lipinski definition) is 3. The molecule has 0 saturated carbocycles. The monoisotopic (exact) mass is 430 g/mol. The van der Waals surface area contributed by atoms with Gasteiger partial charge in [0.2, 0.25) is 0 Å². The van der Waals surface area contributed by atoms with Gasteiger partial charge in [-0.15, -0.1) is 11.8 Å². The predicted molar refractivity (Wildman–Crippen MR) is 111 cm³/mol. The molecule has 3 aromatic rings. The van der Waals surface area contributed by atoms with Gasteiger partial charge in [-0.2, -0.15) is 0 Å². The molecule has 6 heteroatoms. The molecule has 0 bridgehead atoms. The molecule has 0 aliphatic carbocycles. The zero-order valence-electron chi connectivity index (χ0n) is 14.5. The van der Waals surface area contributed by atoms with Gasteiger partial charge in [-0.05, 0) is 59.1 Å². The summed E-state index contributed by atoms with van der Waals surface area (Å²) in [5.41, 5.74) is 4.64. The maximum Gasteiger partial charge on any atom is 0.262 e. The Bertz CT molecular complexity index is 1060. The molecule has 26 heavy (non-hydrogen) atoms. The highest BCUT2D eigenvalue weighted by molar-refractivity contribution is 9.10. The van der Waals surface area contributed by atoms with E-state index in [2.05, 4.69) is 45.3 Å². The number of aromatic amines is 1. The van der Waals surface area contributed by atoms with Crippen LogP contribution >= 0.6 is 27.7 Å². The van der Waals surface area contributed by atoms with E-state index in [0.29, 0.717) is 4.47 Å². The summed E-state index contributed by atoms with van der Waals surface area (Å²) in [6.45, 7) is 2.11. The second-order valence-electron chi connectivity index (χ2n) is 6.50. The van der Waals surface area contributed by atoms with Gasteiger partial charge in [-0.25, -0.2) is 0 Å². The molecule has 2 aromatic carbocycles. The Balaban J connectivity index is 2.01. The number of halogens is 1. The second kappa shape index (κ2) is 6.76. The molecular weight excluding hydrogens is 412 g/mol. The third-order valence-corrected chi connectivity index (χ3v) is 6.76. The standard InChI is InChI=1S/C20H19BrN2O2S/c1-10(22-2)11-3-5-12(6-4-11)16-15(24)9-14(21)18-17(16)13-7-8-26-19(13)20(25)23-18/h3-6,9-10,22,24H,7-8H2,1-2H3,(H,23,25)/t10-/m1/s1. The Morgan fingerprint density at radius 3 is 2.73 bits per heavy atom. The van der Waals surface area contributed by atoms with Crippen molar-refractivity contribution in [2.75, 3.05) is 12.8 Å². The molecule has 4 rings (SSSR count). The number of pyridine rings is 1. The van der Waals surface area contributed by atoms with Crippen LogP contribution in [0.5, 0.6) is 5.75 Å². The zero-order chi connectivity index (χ0) is 18.4. The van der Waals surface area contributed by atoms with Crippen LogP contribution in [0.3, 0.4) is 0 Å². The van der Waals surface area contributed by atoms with Crippen molar-refractivity contribution in [1.29, 1.82) is 0 Å². The van der Waals surface area contributed by atoms with Crippen molar-refractivity contribution in [2.24, 2.45) is 0 Å². The highest BCUT2D eigenvalue weighted by Gasteiger charge is 2.24. The lowest BCUT2D eigenvalue weighted by Gasteiger charge is -2.16. The van der Waals surface area contributed by atoms with Crippen molar-refractivity contribution in [1.82, 2.24) is 10.3 Å². The third kappa shape index (κ3) is 2.76. The van der Waals surface area contributed by atoms with Crippen LogP contribution in [0.4, 0.5) is 0 Å². The first kappa shape index (κ1) is 17.6. The minimum absolute atomic E-state index is 0.0504. The molecule has 1 atom stereocenters. The van der Waals surface area contributed by atoms with Crippen molar-refractivity contribution in [3.05, 3.63) is 56.3 Å².